The average molecular weight is 154 g/mol. The summed E-state index contributed by atoms with van der Waals surface area (Å²) in [4.78, 5) is 6.42. The first-order valence-corrected chi connectivity index (χ1v) is 3.92. The summed E-state index contributed by atoms with van der Waals surface area (Å²) in [6, 6.07) is 0. The van der Waals surface area contributed by atoms with E-state index in [2.05, 4.69) is 25.4 Å². The van der Waals surface area contributed by atoms with E-state index < -0.39 is 0 Å². The van der Waals surface area contributed by atoms with E-state index in [0.717, 1.165) is 5.84 Å². The van der Waals surface area contributed by atoms with Crippen LogP contribution in [0.5, 0.6) is 0 Å². The quantitative estimate of drug-likeness (QED) is 0.344. The fourth-order valence-electron chi connectivity index (χ4n) is 0.998. The topological polar surface area (TPSA) is 15.6 Å². The fourth-order valence-corrected chi connectivity index (χ4v) is 0.998. The van der Waals surface area contributed by atoms with Gasteiger partial charge in [-0.1, -0.05) is 19.9 Å². The molecule has 0 heterocycles. The van der Waals surface area contributed by atoms with E-state index in [1.807, 2.05) is 25.1 Å². The van der Waals surface area contributed by atoms with Gasteiger partial charge in [-0.2, -0.15) is 0 Å². The first-order chi connectivity index (χ1) is 5.09. The lowest BCUT2D eigenvalue weighted by molar-refractivity contribution is 0.572. The maximum Gasteiger partial charge on any atom is 0.101 e. The van der Waals surface area contributed by atoms with Gasteiger partial charge < -0.3 is 4.90 Å². The number of nitrogens with zero attached hydrogens (tertiary/aromatic N) is 2. The van der Waals surface area contributed by atoms with Crippen LogP contribution < -0.4 is 0 Å². The second-order valence-electron chi connectivity index (χ2n) is 3.04. The lowest BCUT2D eigenvalue weighted by Gasteiger charge is -2.18. The number of amidine groups is 1. The van der Waals surface area contributed by atoms with Crippen LogP contribution in [0.3, 0.4) is 0 Å². The maximum atomic E-state index is 4.37. The Morgan fingerprint density at radius 2 is 2.09 bits per heavy atom. The van der Waals surface area contributed by atoms with Crippen LogP contribution in [-0.4, -0.2) is 31.4 Å². The second kappa shape index (κ2) is 4.94. The molecule has 0 amide bonds. The minimum absolute atomic E-state index is 0.491. The van der Waals surface area contributed by atoms with Crippen molar-refractivity contribution in [1.82, 2.24) is 4.90 Å². The molecule has 0 aromatic carbocycles. The molecule has 0 radical (unpaired) electrons. The van der Waals surface area contributed by atoms with Crippen LogP contribution in [0.2, 0.25) is 0 Å². The molecule has 64 valence electrons. The van der Waals surface area contributed by atoms with Gasteiger partial charge in [0.25, 0.3) is 0 Å². The summed E-state index contributed by atoms with van der Waals surface area (Å²) in [7, 11) is 4.03. The number of hydrogen-bond donors (Lipinski definition) is 0. The highest BCUT2D eigenvalue weighted by Gasteiger charge is 2.05. The monoisotopic (exact) mass is 154 g/mol. The molecule has 0 bridgehead atoms. The van der Waals surface area contributed by atoms with Crippen molar-refractivity contribution in [3.8, 4) is 0 Å². The van der Waals surface area contributed by atoms with E-state index in [1.165, 1.54) is 0 Å². The van der Waals surface area contributed by atoms with E-state index in [9.17, 15) is 0 Å². The summed E-state index contributed by atoms with van der Waals surface area (Å²) >= 11 is 0. The molecule has 11 heavy (non-hydrogen) atoms. The van der Waals surface area contributed by atoms with Crippen molar-refractivity contribution in [3.63, 3.8) is 0 Å². The Morgan fingerprint density at radius 3 is 2.36 bits per heavy atom. The van der Waals surface area contributed by atoms with Crippen molar-refractivity contribution in [3.05, 3.63) is 12.7 Å². The molecular weight excluding hydrogens is 136 g/mol. The SMILES string of the molecule is C=CC/N=C(/C(C)C)N(C)C. The third-order valence-electron chi connectivity index (χ3n) is 1.36. The molecule has 2 heteroatoms. The summed E-state index contributed by atoms with van der Waals surface area (Å²) < 4.78 is 0. The van der Waals surface area contributed by atoms with Gasteiger partial charge in [0.1, 0.15) is 5.84 Å². The van der Waals surface area contributed by atoms with Crippen LogP contribution in [0.1, 0.15) is 13.8 Å². The number of rotatable bonds is 3. The molecule has 0 N–H and O–H groups in total. The highest BCUT2D eigenvalue weighted by Crippen LogP contribution is 1.99. The lowest BCUT2D eigenvalue weighted by Crippen LogP contribution is -2.27. The highest BCUT2D eigenvalue weighted by atomic mass is 15.1. The predicted octanol–water partition coefficient (Wildman–Crippen LogP) is 1.79. The van der Waals surface area contributed by atoms with E-state index >= 15 is 0 Å². The molecular formula is C9H18N2. The van der Waals surface area contributed by atoms with Gasteiger partial charge in [0.15, 0.2) is 0 Å². The zero-order valence-electron chi connectivity index (χ0n) is 7.96. The van der Waals surface area contributed by atoms with Crippen LogP contribution in [-0.2, 0) is 0 Å². The normalized spacial score (nSPS) is 11.9. The number of hydrogen-bond acceptors (Lipinski definition) is 1. The summed E-state index contributed by atoms with van der Waals surface area (Å²) in [5, 5.41) is 0. The number of aliphatic imine (C=N–C) groups is 1. The van der Waals surface area contributed by atoms with E-state index in [-0.39, 0.29) is 0 Å². The van der Waals surface area contributed by atoms with Crippen LogP contribution in [0.4, 0.5) is 0 Å². The molecule has 0 saturated carbocycles. The first-order valence-electron chi connectivity index (χ1n) is 3.92. The first kappa shape index (κ1) is 10.2. The Balaban J connectivity index is 4.20. The molecule has 0 aromatic heterocycles. The Morgan fingerprint density at radius 1 is 1.55 bits per heavy atom. The summed E-state index contributed by atoms with van der Waals surface area (Å²) in [6.07, 6.45) is 1.81. The summed E-state index contributed by atoms with van der Waals surface area (Å²) in [5.74, 6) is 1.62. The summed E-state index contributed by atoms with van der Waals surface area (Å²) in [6.45, 7) is 8.62. The molecule has 0 rings (SSSR count). The van der Waals surface area contributed by atoms with Crippen molar-refractivity contribution in [1.29, 1.82) is 0 Å². The predicted molar refractivity (Wildman–Crippen MR) is 51.0 cm³/mol. The average Bonchev–Trinajstić information content (AvgIpc) is 1.87. The molecule has 2 nitrogen and oxygen atoms in total. The molecule has 0 aliphatic rings. The van der Waals surface area contributed by atoms with Gasteiger partial charge in [-0.3, -0.25) is 4.99 Å². The van der Waals surface area contributed by atoms with Crippen LogP contribution in [0, 0.1) is 5.92 Å². The molecule has 0 spiro atoms. The Labute approximate surface area is 69.6 Å². The minimum Gasteiger partial charge on any atom is -0.366 e. The van der Waals surface area contributed by atoms with E-state index in [0.29, 0.717) is 12.5 Å². The summed E-state index contributed by atoms with van der Waals surface area (Å²) in [5.41, 5.74) is 0. The third-order valence-corrected chi connectivity index (χ3v) is 1.36. The fraction of sp³-hybridized carbons (Fsp3) is 0.667. The van der Waals surface area contributed by atoms with E-state index in [4.69, 9.17) is 0 Å². The standard InChI is InChI=1S/C9H18N2/c1-6-7-10-9(8(2)3)11(4)5/h6,8H,1,7H2,2-5H3/b10-9-. The zero-order valence-corrected chi connectivity index (χ0v) is 7.96. The third kappa shape index (κ3) is 3.81. The minimum atomic E-state index is 0.491. The molecule has 0 aliphatic heterocycles. The molecule has 0 aromatic rings. The molecule has 0 unspecified atom stereocenters. The van der Waals surface area contributed by atoms with Gasteiger partial charge in [0.05, 0.1) is 6.54 Å². The second-order valence-corrected chi connectivity index (χ2v) is 3.04. The largest absolute Gasteiger partial charge is 0.366 e. The van der Waals surface area contributed by atoms with Gasteiger partial charge >= 0.3 is 0 Å². The zero-order chi connectivity index (χ0) is 8.85. The molecule has 0 aliphatic carbocycles. The smallest absolute Gasteiger partial charge is 0.101 e. The van der Waals surface area contributed by atoms with E-state index in [1.54, 1.807) is 0 Å². The highest BCUT2D eigenvalue weighted by molar-refractivity contribution is 5.83. The van der Waals surface area contributed by atoms with Crippen molar-refractivity contribution in [2.24, 2.45) is 10.9 Å². The molecule has 0 saturated heterocycles. The van der Waals surface area contributed by atoms with Gasteiger partial charge in [-0.05, 0) is 0 Å². The Bertz CT molecular complexity index is 136. The van der Waals surface area contributed by atoms with Gasteiger partial charge in [-0.25, -0.2) is 0 Å². The van der Waals surface area contributed by atoms with Crippen LogP contribution in [0.25, 0.3) is 0 Å². The van der Waals surface area contributed by atoms with Crippen LogP contribution >= 0.6 is 0 Å². The van der Waals surface area contributed by atoms with Crippen molar-refractivity contribution >= 4 is 5.84 Å². The van der Waals surface area contributed by atoms with Crippen molar-refractivity contribution in [2.75, 3.05) is 20.6 Å². The van der Waals surface area contributed by atoms with Gasteiger partial charge in [-0.15, -0.1) is 6.58 Å². The molecule has 0 fully saturated rings. The lowest BCUT2D eigenvalue weighted by atomic mass is 10.2. The van der Waals surface area contributed by atoms with Crippen LogP contribution in [0.15, 0.2) is 17.6 Å². The van der Waals surface area contributed by atoms with Crippen molar-refractivity contribution < 1.29 is 0 Å². The van der Waals surface area contributed by atoms with Gasteiger partial charge in [0, 0.05) is 20.0 Å². The maximum absolute atomic E-state index is 4.37. The Hall–Kier alpha value is -0.790. The van der Waals surface area contributed by atoms with Gasteiger partial charge in [0.2, 0.25) is 0 Å². The Kier molecular flexibility index (Phi) is 4.59. The van der Waals surface area contributed by atoms with Crippen molar-refractivity contribution in [2.45, 2.75) is 13.8 Å². The molecule has 0 atom stereocenters.